The van der Waals surface area contributed by atoms with Crippen LogP contribution < -0.4 is 5.32 Å². The van der Waals surface area contributed by atoms with Gasteiger partial charge < -0.3 is 5.32 Å². The second kappa shape index (κ2) is 5.12. The maximum Gasteiger partial charge on any atom is 0.0628 e. The highest BCUT2D eigenvalue weighted by atomic mass is 14.9. The molecule has 0 heterocycles. The second-order valence-electron chi connectivity index (χ2n) is 6.19. The molecule has 1 saturated carbocycles. The fraction of sp³-hybridized carbons (Fsp3) is 0.562. The molecule has 1 fully saturated rings. The van der Waals surface area contributed by atoms with Crippen LogP contribution in [0.25, 0.3) is 0 Å². The Labute approximate surface area is 110 Å². The van der Waals surface area contributed by atoms with Crippen molar-refractivity contribution in [2.75, 3.05) is 13.1 Å². The van der Waals surface area contributed by atoms with Gasteiger partial charge in [-0.3, -0.25) is 0 Å². The fourth-order valence-electron chi connectivity index (χ4n) is 2.39. The van der Waals surface area contributed by atoms with Crippen LogP contribution in [0.3, 0.4) is 0 Å². The lowest BCUT2D eigenvalue weighted by molar-refractivity contribution is 0.409. The molecule has 0 unspecified atom stereocenters. The van der Waals surface area contributed by atoms with Gasteiger partial charge in [-0.2, -0.15) is 5.26 Å². The standard InChI is InChI=1S/C16H22N2/c1-15(2,14-6-4-3-5-7-14)12-18-13-16(8-9-16)10-11-17/h3-7,18H,8-10,12-13H2,1-2H3. The van der Waals surface area contributed by atoms with Crippen molar-refractivity contribution in [3.63, 3.8) is 0 Å². The van der Waals surface area contributed by atoms with Crippen LogP contribution in [-0.4, -0.2) is 13.1 Å². The number of nitrogens with one attached hydrogen (secondary N) is 1. The maximum atomic E-state index is 8.80. The molecule has 0 radical (unpaired) electrons. The van der Waals surface area contributed by atoms with E-state index in [1.807, 2.05) is 0 Å². The van der Waals surface area contributed by atoms with Gasteiger partial charge in [0.05, 0.1) is 6.07 Å². The predicted octanol–water partition coefficient (Wildman–Crippen LogP) is 3.25. The molecule has 0 spiro atoms. The van der Waals surface area contributed by atoms with E-state index in [1.54, 1.807) is 0 Å². The third-order valence-electron chi connectivity index (χ3n) is 4.03. The highest BCUT2D eigenvalue weighted by Gasteiger charge is 2.42. The van der Waals surface area contributed by atoms with E-state index in [4.69, 9.17) is 5.26 Å². The summed E-state index contributed by atoms with van der Waals surface area (Å²) in [6.45, 7) is 6.47. The van der Waals surface area contributed by atoms with Crippen molar-refractivity contribution in [2.24, 2.45) is 5.41 Å². The molecule has 1 N–H and O–H groups in total. The van der Waals surface area contributed by atoms with Crippen LogP contribution >= 0.6 is 0 Å². The predicted molar refractivity (Wildman–Crippen MR) is 74.2 cm³/mol. The van der Waals surface area contributed by atoms with E-state index >= 15 is 0 Å². The summed E-state index contributed by atoms with van der Waals surface area (Å²) in [6, 6.07) is 12.9. The molecule has 0 bridgehead atoms. The van der Waals surface area contributed by atoms with Gasteiger partial charge in [0.25, 0.3) is 0 Å². The summed E-state index contributed by atoms with van der Waals surface area (Å²) in [5, 5.41) is 12.4. The van der Waals surface area contributed by atoms with E-state index < -0.39 is 0 Å². The van der Waals surface area contributed by atoms with Gasteiger partial charge in [0, 0.05) is 24.9 Å². The third kappa shape index (κ3) is 3.11. The summed E-state index contributed by atoms with van der Waals surface area (Å²) >= 11 is 0. The van der Waals surface area contributed by atoms with Gasteiger partial charge in [-0.25, -0.2) is 0 Å². The van der Waals surface area contributed by atoms with Gasteiger partial charge in [-0.15, -0.1) is 0 Å². The van der Waals surface area contributed by atoms with Gasteiger partial charge in [0.1, 0.15) is 0 Å². The Bertz CT molecular complexity index is 424. The maximum absolute atomic E-state index is 8.80. The van der Waals surface area contributed by atoms with E-state index in [1.165, 1.54) is 18.4 Å². The van der Waals surface area contributed by atoms with Crippen LogP contribution in [0, 0.1) is 16.7 Å². The molecule has 1 aliphatic carbocycles. The highest BCUT2D eigenvalue weighted by Crippen LogP contribution is 2.47. The lowest BCUT2D eigenvalue weighted by atomic mass is 9.84. The van der Waals surface area contributed by atoms with Crippen LogP contribution in [0.4, 0.5) is 0 Å². The average molecular weight is 242 g/mol. The molecule has 1 aromatic rings. The molecule has 2 rings (SSSR count). The van der Waals surface area contributed by atoms with Gasteiger partial charge in [-0.05, 0) is 23.8 Å². The summed E-state index contributed by atoms with van der Waals surface area (Å²) in [7, 11) is 0. The zero-order chi connectivity index (χ0) is 13.1. The normalized spacial score (nSPS) is 17.2. The molecule has 0 aromatic heterocycles. The molecule has 1 aromatic carbocycles. The fourth-order valence-corrected chi connectivity index (χ4v) is 2.39. The Kier molecular flexibility index (Phi) is 3.73. The molecule has 96 valence electrons. The molecule has 0 atom stereocenters. The van der Waals surface area contributed by atoms with Gasteiger partial charge in [0.2, 0.25) is 0 Å². The van der Waals surface area contributed by atoms with Crippen molar-refractivity contribution in [2.45, 2.75) is 38.5 Å². The topological polar surface area (TPSA) is 35.8 Å². The highest BCUT2D eigenvalue weighted by molar-refractivity contribution is 5.23. The van der Waals surface area contributed by atoms with Gasteiger partial charge in [0.15, 0.2) is 0 Å². The second-order valence-corrected chi connectivity index (χ2v) is 6.19. The Hall–Kier alpha value is -1.33. The molecule has 2 heteroatoms. The third-order valence-corrected chi connectivity index (χ3v) is 4.03. The zero-order valence-corrected chi connectivity index (χ0v) is 11.4. The SMILES string of the molecule is CC(C)(CNCC1(CC#N)CC1)c1ccccc1. The van der Waals surface area contributed by atoms with Gasteiger partial charge >= 0.3 is 0 Å². The number of benzene rings is 1. The first kappa shape index (κ1) is 13.1. The lowest BCUT2D eigenvalue weighted by Crippen LogP contribution is -2.36. The first-order valence-corrected chi connectivity index (χ1v) is 6.71. The Morgan fingerprint density at radius 2 is 1.94 bits per heavy atom. The number of nitrogens with zero attached hydrogens (tertiary/aromatic N) is 1. The van der Waals surface area contributed by atoms with E-state index in [2.05, 4.69) is 55.6 Å². The van der Waals surface area contributed by atoms with E-state index in [9.17, 15) is 0 Å². The van der Waals surface area contributed by atoms with Crippen molar-refractivity contribution in [1.82, 2.24) is 5.32 Å². The molecule has 0 saturated heterocycles. The molecular formula is C16H22N2. The van der Waals surface area contributed by atoms with E-state index in [-0.39, 0.29) is 5.41 Å². The molecule has 0 amide bonds. The number of rotatable bonds is 6. The van der Waals surface area contributed by atoms with Crippen molar-refractivity contribution in [3.05, 3.63) is 35.9 Å². The van der Waals surface area contributed by atoms with Crippen LogP contribution in [0.5, 0.6) is 0 Å². The number of nitriles is 1. The van der Waals surface area contributed by atoms with E-state index in [0.717, 1.165) is 13.1 Å². The van der Waals surface area contributed by atoms with Crippen molar-refractivity contribution >= 4 is 0 Å². The van der Waals surface area contributed by atoms with Crippen molar-refractivity contribution in [1.29, 1.82) is 5.26 Å². The van der Waals surface area contributed by atoms with Crippen molar-refractivity contribution in [3.8, 4) is 6.07 Å². The first-order valence-electron chi connectivity index (χ1n) is 6.71. The minimum Gasteiger partial charge on any atom is -0.315 e. The zero-order valence-electron chi connectivity index (χ0n) is 11.4. The summed E-state index contributed by atoms with van der Waals surface area (Å²) < 4.78 is 0. The number of hydrogen-bond donors (Lipinski definition) is 1. The molecule has 18 heavy (non-hydrogen) atoms. The summed E-state index contributed by atoms with van der Waals surface area (Å²) in [4.78, 5) is 0. The first-order chi connectivity index (χ1) is 8.58. The molecule has 0 aliphatic heterocycles. The Morgan fingerprint density at radius 3 is 2.50 bits per heavy atom. The minimum atomic E-state index is 0.143. The quantitative estimate of drug-likeness (QED) is 0.831. The van der Waals surface area contributed by atoms with Crippen LogP contribution in [0.2, 0.25) is 0 Å². The average Bonchev–Trinajstić information content (AvgIpc) is 3.11. The summed E-state index contributed by atoms with van der Waals surface area (Å²) in [5.41, 5.74) is 1.80. The Balaban J connectivity index is 1.85. The van der Waals surface area contributed by atoms with Crippen LogP contribution in [0.1, 0.15) is 38.7 Å². The molecular weight excluding hydrogens is 220 g/mol. The van der Waals surface area contributed by atoms with Crippen molar-refractivity contribution < 1.29 is 0 Å². The largest absolute Gasteiger partial charge is 0.315 e. The van der Waals surface area contributed by atoms with Crippen LogP contribution in [-0.2, 0) is 5.41 Å². The smallest absolute Gasteiger partial charge is 0.0628 e. The van der Waals surface area contributed by atoms with E-state index in [0.29, 0.717) is 11.8 Å². The van der Waals surface area contributed by atoms with Crippen LogP contribution in [0.15, 0.2) is 30.3 Å². The monoisotopic (exact) mass is 242 g/mol. The Morgan fingerprint density at radius 1 is 1.28 bits per heavy atom. The number of hydrogen-bond acceptors (Lipinski definition) is 2. The molecule has 2 nitrogen and oxygen atoms in total. The summed E-state index contributed by atoms with van der Waals surface area (Å²) in [5.74, 6) is 0. The minimum absolute atomic E-state index is 0.143. The van der Waals surface area contributed by atoms with Gasteiger partial charge in [-0.1, -0.05) is 44.2 Å². The molecule has 1 aliphatic rings. The lowest BCUT2D eigenvalue weighted by Gasteiger charge is -2.27. The summed E-state index contributed by atoms with van der Waals surface area (Å²) in [6.07, 6.45) is 3.12.